The van der Waals surface area contributed by atoms with Crippen molar-refractivity contribution in [3.8, 4) is 5.75 Å². The van der Waals surface area contributed by atoms with Gasteiger partial charge in [-0.05, 0) is 80.9 Å². The fourth-order valence-electron chi connectivity index (χ4n) is 3.32. The Morgan fingerprint density at radius 2 is 1.59 bits per heavy atom. The number of aryl methyl sites for hydroxylation is 2. The van der Waals surface area contributed by atoms with Gasteiger partial charge in [-0.2, -0.15) is 0 Å². The molecule has 0 aromatic heterocycles. The Hall–Kier alpha value is -2.85. The Bertz CT molecular complexity index is 952. The van der Waals surface area contributed by atoms with Crippen molar-refractivity contribution < 1.29 is 4.74 Å². The lowest BCUT2D eigenvalue weighted by Crippen LogP contribution is -2.33. The third-order valence-electron chi connectivity index (χ3n) is 4.63. The van der Waals surface area contributed by atoms with Crippen molar-refractivity contribution in [2.45, 2.75) is 39.8 Å². The lowest BCUT2D eigenvalue weighted by Gasteiger charge is -2.24. The Morgan fingerprint density at radius 1 is 0.897 bits per heavy atom. The SMILES string of the molecule is Cc1ccc([C@H](NC(=S)Nc2ccc(OC(C)C)cc2)c2ccccc2)c(C)c1. The summed E-state index contributed by atoms with van der Waals surface area (Å²) in [5, 5.41) is 7.36. The molecule has 29 heavy (non-hydrogen) atoms. The second-order valence-corrected chi connectivity index (χ2v) is 7.90. The second-order valence-electron chi connectivity index (χ2n) is 7.49. The third-order valence-corrected chi connectivity index (χ3v) is 4.85. The van der Waals surface area contributed by atoms with Gasteiger partial charge in [-0.1, -0.05) is 54.1 Å². The van der Waals surface area contributed by atoms with E-state index in [0.717, 1.165) is 11.4 Å². The topological polar surface area (TPSA) is 33.3 Å². The van der Waals surface area contributed by atoms with Crippen LogP contribution in [0.2, 0.25) is 0 Å². The third kappa shape index (κ3) is 5.81. The van der Waals surface area contributed by atoms with E-state index in [4.69, 9.17) is 17.0 Å². The first kappa shape index (κ1) is 20.9. The number of rotatable bonds is 6. The van der Waals surface area contributed by atoms with Crippen molar-refractivity contribution >= 4 is 23.0 Å². The molecule has 0 heterocycles. The summed E-state index contributed by atoms with van der Waals surface area (Å²) in [5.41, 5.74) is 5.80. The molecular formula is C25H28N2OS. The van der Waals surface area contributed by atoms with Crippen LogP contribution in [0.3, 0.4) is 0 Å². The average Bonchev–Trinajstić information content (AvgIpc) is 2.68. The fraction of sp³-hybridized carbons (Fsp3) is 0.240. The van der Waals surface area contributed by atoms with E-state index in [1.807, 2.05) is 44.2 Å². The highest BCUT2D eigenvalue weighted by molar-refractivity contribution is 7.80. The van der Waals surface area contributed by atoms with Crippen LogP contribution in [-0.4, -0.2) is 11.2 Å². The van der Waals surface area contributed by atoms with Crippen LogP contribution in [0.1, 0.15) is 42.1 Å². The van der Waals surface area contributed by atoms with Gasteiger partial charge < -0.3 is 15.4 Å². The van der Waals surface area contributed by atoms with Crippen LogP contribution >= 0.6 is 12.2 Å². The number of nitrogens with one attached hydrogen (secondary N) is 2. The normalized spacial score (nSPS) is 11.8. The minimum absolute atomic E-state index is 0.0275. The lowest BCUT2D eigenvalue weighted by molar-refractivity contribution is 0.242. The van der Waals surface area contributed by atoms with E-state index in [2.05, 4.69) is 66.9 Å². The van der Waals surface area contributed by atoms with Crippen LogP contribution in [0.5, 0.6) is 5.75 Å². The molecule has 0 bridgehead atoms. The van der Waals surface area contributed by atoms with E-state index in [1.165, 1.54) is 22.3 Å². The summed E-state index contributed by atoms with van der Waals surface area (Å²) in [6, 6.07) is 24.7. The maximum absolute atomic E-state index is 5.70. The van der Waals surface area contributed by atoms with Crippen LogP contribution < -0.4 is 15.4 Å². The van der Waals surface area contributed by atoms with Gasteiger partial charge in [0.05, 0.1) is 12.1 Å². The number of hydrogen-bond acceptors (Lipinski definition) is 2. The predicted molar refractivity (Wildman–Crippen MR) is 126 cm³/mol. The Balaban J connectivity index is 1.78. The summed E-state index contributed by atoms with van der Waals surface area (Å²) in [5.74, 6) is 0.849. The zero-order chi connectivity index (χ0) is 20.8. The summed E-state index contributed by atoms with van der Waals surface area (Å²) < 4.78 is 5.70. The molecule has 1 atom stereocenters. The minimum Gasteiger partial charge on any atom is -0.491 e. The zero-order valence-electron chi connectivity index (χ0n) is 17.4. The highest BCUT2D eigenvalue weighted by Gasteiger charge is 2.17. The zero-order valence-corrected chi connectivity index (χ0v) is 18.2. The van der Waals surface area contributed by atoms with Crippen LogP contribution in [-0.2, 0) is 0 Å². The van der Waals surface area contributed by atoms with Gasteiger partial charge in [0.15, 0.2) is 5.11 Å². The summed E-state index contributed by atoms with van der Waals surface area (Å²) >= 11 is 5.63. The molecule has 0 fully saturated rings. The minimum atomic E-state index is -0.0275. The van der Waals surface area contributed by atoms with Gasteiger partial charge >= 0.3 is 0 Å². The predicted octanol–water partition coefficient (Wildman–Crippen LogP) is 6.17. The van der Waals surface area contributed by atoms with Gasteiger partial charge in [0.2, 0.25) is 0 Å². The first-order valence-corrected chi connectivity index (χ1v) is 10.3. The molecule has 4 heteroatoms. The number of anilines is 1. The van der Waals surface area contributed by atoms with Gasteiger partial charge in [-0.25, -0.2) is 0 Å². The molecule has 0 aliphatic rings. The van der Waals surface area contributed by atoms with Gasteiger partial charge in [0, 0.05) is 5.69 Å². The van der Waals surface area contributed by atoms with Crippen LogP contribution in [0, 0.1) is 13.8 Å². The van der Waals surface area contributed by atoms with Gasteiger partial charge in [0.25, 0.3) is 0 Å². The molecule has 0 saturated carbocycles. The monoisotopic (exact) mass is 404 g/mol. The highest BCUT2D eigenvalue weighted by Crippen LogP contribution is 2.26. The van der Waals surface area contributed by atoms with Crippen molar-refractivity contribution in [2.75, 3.05) is 5.32 Å². The number of ether oxygens (including phenoxy) is 1. The summed E-state index contributed by atoms with van der Waals surface area (Å²) in [6.07, 6.45) is 0.154. The van der Waals surface area contributed by atoms with Crippen molar-refractivity contribution in [1.82, 2.24) is 5.32 Å². The second kappa shape index (κ2) is 9.57. The molecule has 0 radical (unpaired) electrons. The van der Waals surface area contributed by atoms with E-state index in [-0.39, 0.29) is 12.1 Å². The molecule has 3 nitrogen and oxygen atoms in total. The summed E-state index contributed by atoms with van der Waals surface area (Å²) in [6.45, 7) is 8.29. The fourth-order valence-corrected chi connectivity index (χ4v) is 3.56. The number of thiocarbonyl (C=S) groups is 1. The van der Waals surface area contributed by atoms with E-state index in [0.29, 0.717) is 5.11 Å². The Kier molecular flexibility index (Phi) is 6.89. The van der Waals surface area contributed by atoms with E-state index in [9.17, 15) is 0 Å². The highest BCUT2D eigenvalue weighted by atomic mass is 32.1. The summed E-state index contributed by atoms with van der Waals surface area (Å²) in [4.78, 5) is 0. The number of hydrogen-bond donors (Lipinski definition) is 2. The van der Waals surface area contributed by atoms with Crippen LogP contribution in [0.15, 0.2) is 72.8 Å². The standard InChI is InChI=1S/C25H28N2OS/c1-17(2)28-22-13-11-21(12-14-22)26-25(29)27-24(20-8-6-5-7-9-20)23-15-10-18(3)16-19(23)4/h5-17,24H,1-4H3,(H2,26,27,29)/t24-/m1/s1. The molecule has 3 aromatic carbocycles. The molecule has 0 amide bonds. The van der Waals surface area contributed by atoms with E-state index in [1.54, 1.807) is 0 Å². The van der Waals surface area contributed by atoms with Gasteiger partial charge in [0.1, 0.15) is 5.75 Å². The van der Waals surface area contributed by atoms with Crippen LogP contribution in [0.4, 0.5) is 5.69 Å². The molecule has 0 saturated heterocycles. The van der Waals surface area contributed by atoms with Gasteiger partial charge in [-0.3, -0.25) is 0 Å². The largest absolute Gasteiger partial charge is 0.491 e. The Labute approximate surface area is 179 Å². The summed E-state index contributed by atoms with van der Waals surface area (Å²) in [7, 11) is 0. The van der Waals surface area contributed by atoms with Crippen LogP contribution in [0.25, 0.3) is 0 Å². The quantitative estimate of drug-likeness (QED) is 0.482. The molecular weight excluding hydrogens is 376 g/mol. The smallest absolute Gasteiger partial charge is 0.171 e. The van der Waals surface area contributed by atoms with Gasteiger partial charge in [-0.15, -0.1) is 0 Å². The maximum atomic E-state index is 5.70. The Morgan fingerprint density at radius 3 is 2.21 bits per heavy atom. The molecule has 0 spiro atoms. The molecule has 0 aliphatic heterocycles. The molecule has 0 unspecified atom stereocenters. The van der Waals surface area contributed by atoms with E-state index >= 15 is 0 Å². The average molecular weight is 405 g/mol. The first-order valence-electron chi connectivity index (χ1n) is 9.88. The van der Waals surface area contributed by atoms with Crippen molar-refractivity contribution in [2.24, 2.45) is 0 Å². The molecule has 150 valence electrons. The van der Waals surface area contributed by atoms with E-state index < -0.39 is 0 Å². The molecule has 3 aromatic rings. The first-order chi connectivity index (χ1) is 13.9. The number of benzene rings is 3. The van der Waals surface area contributed by atoms with Crippen molar-refractivity contribution in [1.29, 1.82) is 0 Å². The molecule has 3 rings (SSSR count). The lowest BCUT2D eigenvalue weighted by atomic mass is 9.94. The molecule has 0 aliphatic carbocycles. The van der Waals surface area contributed by atoms with Crippen molar-refractivity contribution in [3.63, 3.8) is 0 Å². The maximum Gasteiger partial charge on any atom is 0.171 e. The van der Waals surface area contributed by atoms with Crippen molar-refractivity contribution in [3.05, 3.63) is 95.1 Å². The molecule has 2 N–H and O–H groups in total.